The largest absolute Gasteiger partial charge is 0.393 e. The summed E-state index contributed by atoms with van der Waals surface area (Å²) in [5.74, 6) is 0.136. The Morgan fingerprint density at radius 3 is 2.43 bits per heavy atom. The molecule has 1 saturated carbocycles. The fourth-order valence-corrected chi connectivity index (χ4v) is 4.07. The summed E-state index contributed by atoms with van der Waals surface area (Å²) >= 11 is 0. The Morgan fingerprint density at radius 2 is 1.90 bits per heavy atom. The van der Waals surface area contributed by atoms with Gasteiger partial charge in [0.1, 0.15) is 0 Å². The van der Waals surface area contributed by atoms with Crippen LogP contribution in [0.3, 0.4) is 0 Å². The SMILES string of the molecule is CC(C)OP(C)(=O)OC1CC(O)CCC1COC(C)(C)C. The van der Waals surface area contributed by atoms with Crippen LogP contribution in [0.2, 0.25) is 0 Å². The van der Waals surface area contributed by atoms with Gasteiger partial charge in [0.15, 0.2) is 0 Å². The Labute approximate surface area is 128 Å². The number of aliphatic hydroxyl groups excluding tert-OH is 1. The van der Waals surface area contributed by atoms with Gasteiger partial charge < -0.3 is 18.9 Å². The molecule has 0 aromatic carbocycles. The third-order valence-electron chi connectivity index (χ3n) is 3.36. The zero-order chi connectivity index (χ0) is 16.3. The van der Waals surface area contributed by atoms with E-state index in [-0.39, 0.29) is 23.7 Å². The van der Waals surface area contributed by atoms with Gasteiger partial charge in [-0.25, -0.2) is 0 Å². The maximum Gasteiger partial charge on any atom is 0.328 e. The van der Waals surface area contributed by atoms with Gasteiger partial charge >= 0.3 is 7.60 Å². The number of hydrogen-bond acceptors (Lipinski definition) is 5. The molecule has 1 rings (SSSR count). The first-order valence-electron chi connectivity index (χ1n) is 7.75. The van der Waals surface area contributed by atoms with Crippen LogP contribution in [0.4, 0.5) is 0 Å². The molecular formula is C15H31O5P. The molecule has 1 aliphatic carbocycles. The van der Waals surface area contributed by atoms with E-state index in [1.807, 2.05) is 34.6 Å². The molecule has 0 aliphatic heterocycles. The molecule has 0 spiro atoms. The van der Waals surface area contributed by atoms with Gasteiger partial charge in [0.2, 0.25) is 0 Å². The second-order valence-electron chi connectivity index (χ2n) is 7.22. The Balaban J connectivity index is 2.66. The van der Waals surface area contributed by atoms with Gasteiger partial charge in [-0.3, -0.25) is 4.57 Å². The average molecular weight is 322 g/mol. The lowest BCUT2D eigenvalue weighted by Gasteiger charge is -2.36. The second kappa shape index (κ2) is 7.56. The molecule has 5 nitrogen and oxygen atoms in total. The van der Waals surface area contributed by atoms with Crippen molar-refractivity contribution in [3.05, 3.63) is 0 Å². The minimum atomic E-state index is -3.11. The van der Waals surface area contributed by atoms with Crippen molar-refractivity contribution < 1.29 is 23.5 Å². The molecular weight excluding hydrogens is 291 g/mol. The molecule has 0 amide bonds. The summed E-state index contributed by atoms with van der Waals surface area (Å²) < 4.78 is 29.3. The van der Waals surface area contributed by atoms with Crippen LogP contribution in [-0.4, -0.2) is 42.3 Å². The molecule has 0 aromatic heterocycles. The summed E-state index contributed by atoms with van der Waals surface area (Å²) in [6.07, 6.45) is 1.18. The van der Waals surface area contributed by atoms with E-state index >= 15 is 0 Å². The number of aliphatic hydroxyl groups is 1. The quantitative estimate of drug-likeness (QED) is 0.757. The van der Waals surface area contributed by atoms with E-state index in [9.17, 15) is 9.67 Å². The van der Waals surface area contributed by atoms with Crippen LogP contribution in [0.5, 0.6) is 0 Å². The summed E-state index contributed by atoms with van der Waals surface area (Å²) in [5.41, 5.74) is -0.217. The third-order valence-corrected chi connectivity index (χ3v) is 4.82. The molecule has 4 unspecified atom stereocenters. The zero-order valence-electron chi connectivity index (χ0n) is 14.2. The highest BCUT2D eigenvalue weighted by molar-refractivity contribution is 7.53. The Kier molecular flexibility index (Phi) is 6.88. The lowest BCUT2D eigenvalue weighted by molar-refractivity contribution is -0.0702. The molecule has 0 aromatic rings. The average Bonchev–Trinajstić information content (AvgIpc) is 2.23. The lowest BCUT2D eigenvalue weighted by Crippen LogP contribution is -2.38. The summed E-state index contributed by atoms with van der Waals surface area (Å²) in [7, 11) is -3.11. The van der Waals surface area contributed by atoms with Gasteiger partial charge in [-0.15, -0.1) is 0 Å². The summed E-state index contributed by atoms with van der Waals surface area (Å²) in [6, 6.07) is 0. The van der Waals surface area contributed by atoms with E-state index in [0.717, 1.165) is 12.8 Å². The maximum absolute atomic E-state index is 12.4. The van der Waals surface area contributed by atoms with Crippen molar-refractivity contribution in [3.63, 3.8) is 0 Å². The molecule has 0 heterocycles. The van der Waals surface area contributed by atoms with Crippen molar-refractivity contribution in [2.45, 2.75) is 77.8 Å². The first kappa shape index (κ1) is 19.1. The van der Waals surface area contributed by atoms with Crippen molar-refractivity contribution >= 4 is 7.60 Å². The van der Waals surface area contributed by atoms with E-state index < -0.39 is 13.7 Å². The highest BCUT2D eigenvalue weighted by Gasteiger charge is 2.36. The van der Waals surface area contributed by atoms with Gasteiger partial charge in [-0.2, -0.15) is 0 Å². The first-order valence-corrected chi connectivity index (χ1v) is 9.74. The van der Waals surface area contributed by atoms with E-state index in [1.165, 1.54) is 6.66 Å². The molecule has 6 heteroatoms. The van der Waals surface area contributed by atoms with Crippen molar-refractivity contribution in [2.24, 2.45) is 5.92 Å². The predicted octanol–water partition coefficient (Wildman–Crippen LogP) is 3.60. The van der Waals surface area contributed by atoms with Crippen molar-refractivity contribution in [1.82, 2.24) is 0 Å². The van der Waals surface area contributed by atoms with Crippen LogP contribution in [-0.2, 0) is 18.3 Å². The Morgan fingerprint density at radius 1 is 1.29 bits per heavy atom. The standard InChI is InChI=1S/C15H31O5P/c1-11(2)19-21(6,17)20-14-9-13(16)8-7-12(14)10-18-15(3,4)5/h11-14,16H,7-10H2,1-6H3. The molecule has 0 radical (unpaired) electrons. The van der Waals surface area contributed by atoms with Crippen LogP contribution >= 0.6 is 7.60 Å². The highest BCUT2D eigenvalue weighted by Crippen LogP contribution is 2.49. The van der Waals surface area contributed by atoms with Crippen molar-refractivity contribution in [2.75, 3.05) is 13.3 Å². The predicted molar refractivity (Wildman–Crippen MR) is 83.7 cm³/mol. The fourth-order valence-electron chi connectivity index (χ4n) is 2.50. The topological polar surface area (TPSA) is 65.0 Å². The van der Waals surface area contributed by atoms with Crippen molar-refractivity contribution in [3.8, 4) is 0 Å². The Bertz CT molecular complexity index is 364. The summed E-state index contributed by atoms with van der Waals surface area (Å²) in [6.45, 7) is 11.7. The van der Waals surface area contributed by atoms with Crippen molar-refractivity contribution in [1.29, 1.82) is 0 Å². The van der Waals surface area contributed by atoms with E-state index in [1.54, 1.807) is 0 Å². The number of hydrogen-bond donors (Lipinski definition) is 1. The van der Waals surface area contributed by atoms with Gasteiger partial charge in [-0.05, 0) is 47.5 Å². The molecule has 126 valence electrons. The molecule has 21 heavy (non-hydrogen) atoms. The second-order valence-corrected chi connectivity index (χ2v) is 9.18. The smallest absolute Gasteiger partial charge is 0.328 e. The minimum Gasteiger partial charge on any atom is -0.393 e. The van der Waals surface area contributed by atoms with E-state index in [0.29, 0.717) is 13.0 Å². The molecule has 1 fully saturated rings. The van der Waals surface area contributed by atoms with Gasteiger partial charge in [-0.1, -0.05) is 0 Å². The Hall–Kier alpha value is 0.0700. The zero-order valence-corrected chi connectivity index (χ0v) is 15.1. The lowest BCUT2D eigenvalue weighted by atomic mass is 9.85. The van der Waals surface area contributed by atoms with Crippen LogP contribution in [0.1, 0.15) is 53.9 Å². The van der Waals surface area contributed by atoms with E-state index in [4.69, 9.17) is 13.8 Å². The molecule has 1 aliphatic rings. The van der Waals surface area contributed by atoms with Crippen LogP contribution in [0.15, 0.2) is 0 Å². The molecule has 0 saturated heterocycles. The fraction of sp³-hybridized carbons (Fsp3) is 1.00. The van der Waals surface area contributed by atoms with Gasteiger partial charge in [0.05, 0.1) is 30.5 Å². The number of rotatable bonds is 6. The normalized spacial score (nSPS) is 30.4. The summed E-state index contributed by atoms with van der Waals surface area (Å²) in [4.78, 5) is 0. The van der Waals surface area contributed by atoms with E-state index in [2.05, 4.69) is 0 Å². The third kappa shape index (κ3) is 7.75. The first-order chi connectivity index (χ1) is 9.48. The monoisotopic (exact) mass is 322 g/mol. The maximum atomic E-state index is 12.4. The highest BCUT2D eigenvalue weighted by atomic mass is 31.2. The van der Waals surface area contributed by atoms with Crippen LogP contribution in [0.25, 0.3) is 0 Å². The number of ether oxygens (including phenoxy) is 1. The molecule has 1 N–H and O–H groups in total. The van der Waals surface area contributed by atoms with Gasteiger partial charge in [0, 0.05) is 19.0 Å². The minimum absolute atomic E-state index is 0.136. The van der Waals surface area contributed by atoms with Crippen LogP contribution in [0, 0.1) is 5.92 Å². The molecule has 0 bridgehead atoms. The molecule has 4 atom stereocenters. The van der Waals surface area contributed by atoms with Crippen LogP contribution < -0.4 is 0 Å². The van der Waals surface area contributed by atoms with Gasteiger partial charge in [0.25, 0.3) is 0 Å². The summed E-state index contributed by atoms with van der Waals surface area (Å²) in [5, 5.41) is 9.85.